The molecular weight excluding hydrogens is 460 g/mol. The van der Waals surface area contributed by atoms with Crippen LogP contribution in [0, 0.1) is 5.82 Å². The summed E-state index contributed by atoms with van der Waals surface area (Å²) in [7, 11) is 0. The fraction of sp³-hybridized carbons (Fsp3) is 0.389. The monoisotopic (exact) mass is 477 g/mol. The van der Waals surface area contributed by atoms with Crippen LogP contribution < -0.4 is 10.1 Å². The number of hydrogen-bond acceptors (Lipinski definition) is 4. The number of amides is 1. The Hall–Kier alpha value is -1.44. The van der Waals surface area contributed by atoms with E-state index in [1.165, 1.54) is 18.5 Å². The number of benzene rings is 1. The molecule has 0 bridgehead atoms. The molecule has 5 nitrogen and oxygen atoms in total. The first-order chi connectivity index (χ1) is 12.7. The van der Waals surface area contributed by atoms with Crippen LogP contribution in [0.25, 0.3) is 0 Å². The van der Waals surface area contributed by atoms with Crippen molar-refractivity contribution in [3.05, 3.63) is 50.2 Å². The second-order valence-electron chi connectivity index (χ2n) is 6.05. The Bertz CT molecular complexity index is 836. The molecule has 0 radical (unpaired) electrons. The van der Waals surface area contributed by atoms with Crippen LogP contribution in [0.15, 0.2) is 22.9 Å². The van der Waals surface area contributed by atoms with Crippen LogP contribution in [0.5, 0.6) is 5.75 Å². The predicted molar refractivity (Wildman–Crippen MR) is 107 cm³/mol. The highest BCUT2D eigenvalue weighted by atomic mass is 79.9. The summed E-state index contributed by atoms with van der Waals surface area (Å²) >= 11 is 15.4. The van der Waals surface area contributed by atoms with Crippen molar-refractivity contribution < 1.29 is 13.9 Å². The number of halogens is 4. The van der Waals surface area contributed by atoms with Gasteiger partial charge in [0.25, 0.3) is 0 Å². The molecule has 1 aromatic carbocycles. The normalized spacial score (nSPS) is 12.1. The molecule has 27 heavy (non-hydrogen) atoms. The highest BCUT2D eigenvalue weighted by Crippen LogP contribution is 2.39. The molecule has 0 unspecified atom stereocenters. The molecule has 1 aromatic heterocycles. The van der Waals surface area contributed by atoms with Crippen molar-refractivity contribution in [2.75, 3.05) is 0 Å². The van der Waals surface area contributed by atoms with Gasteiger partial charge in [0, 0.05) is 25.2 Å². The number of rotatable bonds is 7. The van der Waals surface area contributed by atoms with Crippen molar-refractivity contribution in [2.45, 2.75) is 45.8 Å². The standard InChI is InChI=1S/C18H19BrCl2FN3O2/c1-4-13(26)25-12(16-18(21)24-6-5-23-16)8-10-7-11(20)15(22)14(19)17(10)27-9(2)3/h5-7,9,12H,4,8H2,1-3H3,(H,25,26)/t12-/m0/s1. The Kier molecular flexibility index (Phi) is 7.82. The van der Waals surface area contributed by atoms with E-state index in [-0.39, 0.29) is 39.5 Å². The predicted octanol–water partition coefficient (Wildman–Crippen LogP) is 5.28. The molecule has 0 aliphatic carbocycles. The van der Waals surface area contributed by atoms with E-state index in [0.717, 1.165) is 0 Å². The number of aromatic nitrogens is 2. The molecule has 0 fully saturated rings. The summed E-state index contributed by atoms with van der Waals surface area (Å²) in [5, 5.41) is 2.99. The lowest BCUT2D eigenvalue weighted by atomic mass is 10.0. The second-order valence-corrected chi connectivity index (χ2v) is 7.61. The van der Waals surface area contributed by atoms with Gasteiger partial charge < -0.3 is 10.1 Å². The van der Waals surface area contributed by atoms with Gasteiger partial charge in [0.15, 0.2) is 11.0 Å². The molecule has 1 atom stereocenters. The highest BCUT2D eigenvalue weighted by Gasteiger charge is 2.25. The summed E-state index contributed by atoms with van der Waals surface area (Å²) in [6.07, 6.45) is 3.29. The zero-order valence-corrected chi connectivity index (χ0v) is 18.1. The Morgan fingerprint density at radius 3 is 2.59 bits per heavy atom. The van der Waals surface area contributed by atoms with E-state index in [4.69, 9.17) is 27.9 Å². The molecular formula is C18H19BrCl2FN3O2. The van der Waals surface area contributed by atoms with E-state index in [1.807, 2.05) is 13.8 Å². The van der Waals surface area contributed by atoms with E-state index in [9.17, 15) is 9.18 Å². The van der Waals surface area contributed by atoms with Crippen molar-refractivity contribution >= 4 is 45.0 Å². The third-order valence-corrected chi connectivity index (χ3v) is 4.91. The van der Waals surface area contributed by atoms with E-state index in [0.29, 0.717) is 17.0 Å². The summed E-state index contributed by atoms with van der Waals surface area (Å²) in [6.45, 7) is 5.40. The Morgan fingerprint density at radius 2 is 2.00 bits per heavy atom. The number of nitrogens with zero attached hydrogens (tertiary/aromatic N) is 2. The van der Waals surface area contributed by atoms with Crippen LogP contribution >= 0.6 is 39.1 Å². The van der Waals surface area contributed by atoms with E-state index in [2.05, 4.69) is 31.2 Å². The van der Waals surface area contributed by atoms with Gasteiger partial charge in [0.2, 0.25) is 5.91 Å². The second kappa shape index (κ2) is 9.66. The van der Waals surface area contributed by atoms with Crippen LogP contribution in [0.1, 0.15) is 44.5 Å². The largest absolute Gasteiger partial charge is 0.489 e. The minimum absolute atomic E-state index is 0.0567. The first-order valence-corrected chi connectivity index (χ1v) is 9.88. The molecule has 1 amide bonds. The molecule has 0 aliphatic heterocycles. The molecule has 1 N–H and O–H groups in total. The summed E-state index contributed by atoms with van der Waals surface area (Å²) < 4.78 is 20.2. The number of carbonyl (C=O) groups excluding carboxylic acids is 1. The van der Waals surface area contributed by atoms with Crippen molar-refractivity contribution in [1.82, 2.24) is 15.3 Å². The summed E-state index contributed by atoms with van der Waals surface area (Å²) in [5.41, 5.74) is 1.01. The van der Waals surface area contributed by atoms with Crippen molar-refractivity contribution in [3.8, 4) is 5.75 Å². The molecule has 0 spiro atoms. The van der Waals surface area contributed by atoms with Crippen LogP contribution in [0.3, 0.4) is 0 Å². The lowest BCUT2D eigenvalue weighted by molar-refractivity contribution is -0.121. The van der Waals surface area contributed by atoms with Gasteiger partial charge >= 0.3 is 0 Å². The van der Waals surface area contributed by atoms with Gasteiger partial charge in [-0.05, 0) is 41.4 Å². The molecule has 0 saturated heterocycles. The fourth-order valence-electron chi connectivity index (χ4n) is 2.44. The van der Waals surface area contributed by atoms with Gasteiger partial charge in [0.05, 0.1) is 21.6 Å². The maximum Gasteiger partial charge on any atom is 0.220 e. The summed E-state index contributed by atoms with van der Waals surface area (Å²) in [6, 6.07) is 0.899. The van der Waals surface area contributed by atoms with Crippen LogP contribution in [-0.4, -0.2) is 22.0 Å². The van der Waals surface area contributed by atoms with Crippen LogP contribution in [0.2, 0.25) is 10.2 Å². The molecule has 0 saturated carbocycles. The average molecular weight is 479 g/mol. The quantitative estimate of drug-likeness (QED) is 0.549. The third-order valence-electron chi connectivity index (χ3n) is 3.64. The van der Waals surface area contributed by atoms with E-state index >= 15 is 0 Å². The maximum absolute atomic E-state index is 14.2. The van der Waals surface area contributed by atoms with Crippen molar-refractivity contribution in [2.24, 2.45) is 0 Å². The third kappa shape index (κ3) is 5.53. The SMILES string of the molecule is CCC(=O)N[C@@H](Cc1cc(Cl)c(F)c(Br)c1OC(C)C)c1nccnc1Cl. The maximum atomic E-state index is 14.2. The summed E-state index contributed by atoms with van der Waals surface area (Å²) in [5.74, 6) is -0.467. The molecule has 146 valence electrons. The highest BCUT2D eigenvalue weighted by molar-refractivity contribution is 9.10. The Balaban J connectivity index is 2.51. The van der Waals surface area contributed by atoms with Gasteiger partial charge in [-0.25, -0.2) is 9.37 Å². The molecule has 1 heterocycles. The van der Waals surface area contributed by atoms with Gasteiger partial charge in [-0.2, -0.15) is 0 Å². The number of hydrogen-bond donors (Lipinski definition) is 1. The zero-order chi connectivity index (χ0) is 20.1. The Morgan fingerprint density at radius 1 is 1.33 bits per heavy atom. The number of nitrogens with one attached hydrogen (secondary N) is 1. The van der Waals surface area contributed by atoms with Gasteiger partial charge in [0.1, 0.15) is 11.4 Å². The molecule has 9 heteroatoms. The van der Waals surface area contributed by atoms with E-state index < -0.39 is 11.9 Å². The molecule has 2 rings (SSSR count). The van der Waals surface area contributed by atoms with Crippen LogP contribution in [-0.2, 0) is 11.2 Å². The first-order valence-electron chi connectivity index (χ1n) is 8.33. The number of carbonyl (C=O) groups is 1. The zero-order valence-electron chi connectivity index (χ0n) is 15.0. The first kappa shape index (κ1) is 21.9. The minimum atomic E-state index is -0.609. The lowest BCUT2D eigenvalue weighted by Gasteiger charge is -2.22. The summed E-state index contributed by atoms with van der Waals surface area (Å²) in [4.78, 5) is 20.3. The van der Waals surface area contributed by atoms with E-state index in [1.54, 1.807) is 6.92 Å². The van der Waals surface area contributed by atoms with Gasteiger partial charge in [-0.3, -0.25) is 9.78 Å². The fourth-order valence-corrected chi connectivity index (χ4v) is 3.58. The van der Waals surface area contributed by atoms with Crippen LogP contribution in [0.4, 0.5) is 4.39 Å². The van der Waals surface area contributed by atoms with Gasteiger partial charge in [-0.15, -0.1) is 0 Å². The Labute approximate surface area is 175 Å². The molecule has 0 aliphatic rings. The smallest absolute Gasteiger partial charge is 0.220 e. The topological polar surface area (TPSA) is 64.1 Å². The van der Waals surface area contributed by atoms with Crippen molar-refractivity contribution in [1.29, 1.82) is 0 Å². The average Bonchev–Trinajstić information content (AvgIpc) is 2.62. The molecule has 2 aromatic rings. The minimum Gasteiger partial charge on any atom is -0.489 e. The lowest BCUT2D eigenvalue weighted by Crippen LogP contribution is -2.30. The number of ether oxygens (including phenoxy) is 1. The van der Waals surface area contributed by atoms with Crippen molar-refractivity contribution in [3.63, 3.8) is 0 Å². The van der Waals surface area contributed by atoms with Gasteiger partial charge in [-0.1, -0.05) is 30.1 Å².